The first-order chi connectivity index (χ1) is 12.1. The lowest BCUT2D eigenvalue weighted by atomic mass is 9.82. The van der Waals surface area contributed by atoms with Gasteiger partial charge in [-0.25, -0.2) is 4.79 Å². The smallest absolute Gasteiger partial charge is 0.323 e. The Morgan fingerprint density at radius 1 is 1.24 bits per heavy atom. The van der Waals surface area contributed by atoms with Gasteiger partial charge < -0.3 is 10.6 Å². The summed E-state index contributed by atoms with van der Waals surface area (Å²) < 4.78 is 8.28. The maximum atomic E-state index is 12.7. The Bertz CT molecular complexity index is 858. The van der Waals surface area contributed by atoms with Crippen LogP contribution in [-0.2, 0) is 9.59 Å². The van der Waals surface area contributed by atoms with Crippen LogP contribution in [0.5, 0.6) is 0 Å². The third kappa shape index (κ3) is 2.74. The normalized spacial score (nSPS) is 19.4. The molecule has 0 unspecified atom stereocenters. The zero-order valence-electron chi connectivity index (χ0n) is 13.4. The highest BCUT2D eigenvalue weighted by Gasteiger charge is 2.51. The van der Waals surface area contributed by atoms with Crippen molar-refractivity contribution in [2.75, 3.05) is 11.9 Å². The van der Waals surface area contributed by atoms with Crippen molar-refractivity contribution in [1.82, 2.24) is 19.0 Å². The van der Waals surface area contributed by atoms with Crippen molar-refractivity contribution < 1.29 is 14.4 Å². The van der Waals surface area contributed by atoms with Gasteiger partial charge in [-0.3, -0.25) is 14.5 Å². The Labute approximate surface area is 147 Å². The number of aromatic nitrogens is 2. The number of carbonyl (C=O) groups excluding carboxylic acids is 3. The molecule has 9 heteroatoms. The molecule has 0 bridgehead atoms. The van der Waals surface area contributed by atoms with E-state index in [1.807, 2.05) is 0 Å². The van der Waals surface area contributed by atoms with E-state index in [2.05, 4.69) is 19.4 Å². The van der Waals surface area contributed by atoms with Gasteiger partial charge in [0.25, 0.3) is 5.91 Å². The molecule has 130 valence electrons. The number of hydrogen-bond donors (Lipinski definition) is 2. The molecule has 2 fully saturated rings. The first-order valence-corrected chi connectivity index (χ1v) is 8.97. The molecule has 2 heterocycles. The lowest BCUT2D eigenvalue weighted by Crippen LogP contribution is -2.48. The molecule has 1 saturated carbocycles. The largest absolute Gasteiger partial charge is 0.325 e. The summed E-state index contributed by atoms with van der Waals surface area (Å²) in [4.78, 5) is 38.3. The van der Waals surface area contributed by atoms with Crippen molar-refractivity contribution >= 4 is 46.3 Å². The molecule has 2 aliphatic rings. The standard InChI is InChI=1S/C16H17N5O3S/c22-12(17-10-5-4-6-11-13(10)20-25-19-11)9-21-14(23)16(18-15(21)24)7-2-1-3-8-16/h4-6H,1-3,7-9H2,(H,17,22)(H,18,24). The van der Waals surface area contributed by atoms with Crippen LogP contribution in [0.1, 0.15) is 32.1 Å². The lowest BCUT2D eigenvalue weighted by molar-refractivity contribution is -0.134. The number of carbonyl (C=O) groups is 3. The van der Waals surface area contributed by atoms with Gasteiger partial charge in [-0.15, -0.1) is 0 Å². The van der Waals surface area contributed by atoms with Crippen LogP contribution in [0, 0.1) is 0 Å². The molecule has 4 rings (SSSR count). The maximum Gasteiger partial charge on any atom is 0.325 e. The summed E-state index contributed by atoms with van der Waals surface area (Å²) >= 11 is 1.06. The van der Waals surface area contributed by atoms with Crippen LogP contribution in [0.25, 0.3) is 11.0 Å². The summed E-state index contributed by atoms with van der Waals surface area (Å²) in [6.45, 7) is -0.305. The van der Waals surface area contributed by atoms with Gasteiger partial charge in [0.15, 0.2) is 0 Å². The van der Waals surface area contributed by atoms with Gasteiger partial charge in [0.05, 0.1) is 17.4 Å². The molecule has 1 aromatic carbocycles. The molecule has 4 amide bonds. The van der Waals surface area contributed by atoms with Crippen LogP contribution in [0.3, 0.4) is 0 Å². The molecule has 1 spiro atoms. The second kappa shape index (κ2) is 6.07. The van der Waals surface area contributed by atoms with Crippen LogP contribution in [0.15, 0.2) is 18.2 Å². The second-order valence-electron chi connectivity index (χ2n) is 6.45. The number of anilines is 1. The monoisotopic (exact) mass is 359 g/mol. The Morgan fingerprint density at radius 2 is 2.04 bits per heavy atom. The number of amides is 4. The molecule has 25 heavy (non-hydrogen) atoms. The Hall–Kier alpha value is -2.55. The predicted molar refractivity (Wildman–Crippen MR) is 92.1 cm³/mol. The number of hydrogen-bond acceptors (Lipinski definition) is 6. The van der Waals surface area contributed by atoms with E-state index in [0.29, 0.717) is 29.6 Å². The van der Waals surface area contributed by atoms with E-state index in [9.17, 15) is 14.4 Å². The number of rotatable bonds is 3. The summed E-state index contributed by atoms with van der Waals surface area (Å²) in [7, 11) is 0. The number of urea groups is 1. The molecule has 2 aromatic rings. The second-order valence-corrected chi connectivity index (χ2v) is 6.98. The van der Waals surface area contributed by atoms with Crippen LogP contribution in [0.2, 0.25) is 0 Å². The van der Waals surface area contributed by atoms with Crippen molar-refractivity contribution in [3.8, 4) is 0 Å². The third-order valence-electron chi connectivity index (χ3n) is 4.81. The number of benzene rings is 1. The molecular weight excluding hydrogens is 342 g/mol. The zero-order chi connectivity index (χ0) is 17.4. The molecule has 1 aromatic heterocycles. The fourth-order valence-electron chi connectivity index (χ4n) is 3.55. The number of fused-ring (bicyclic) bond motifs is 1. The molecule has 0 atom stereocenters. The SMILES string of the molecule is O=C(CN1C(=O)NC2(CCCCC2)C1=O)Nc1cccc2nsnc12. The summed E-state index contributed by atoms with van der Waals surface area (Å²) in [5.41, 5.74) is 1.01. The number of nitrogens with one attached hydrogen (secondary N) is 2. The molecule has 0 radical (unpaired) electrons. The van der Waals surface area contributed by atoms with Gasteiger partial charge in [-0.1, -0.05) is 25.3 Å². The summed E-state index contributed by atoms with van der Waals surface area (Å²) in [6, 6.07) is 4.80. The van der Waals surface area contributed by atoms with Crippen molar-refractivity contribution in [2.45, 2.75) is 37.6 Å². The molecule has 1 saturated heterocycles. The zero-order valence-corrected chi connectivity index (χ0v) is 14.3. The molecule has 2 N–H and O–H groups in total. The quantitative estimate of drug-likeness (QED) is 0.814. The van der Waals surface area contributed by atoms with Crippen LogP contribution < -0.4 is 10.6 Å². The number of imide groups is 1. The highest BCUT2D eigenvalue weighted by atomic mass is 32.1. The highest BCUT2D eigenvalue weighted by Crippen LogP contribution is 2.33. The van der Waals surface area contributed by atoms with Gasteiger partial charge in [0.1, 0.15) is 23.1 Å². The van der Waals surface area contributed by atoms with Gasteiger partial charge in [0, 0.05) is 0 Å². The molecular formula is C16H17N5O3S. The molecule has 1 aliphatic heterocycles. The summed E-state index contributed by atoms with van der Waals surface area (Å²) in [6.07, 6.45) is 4.16. The van der Waals surface area contributed by atoms with E-state index in [-0.39, 0.29) is 12.5 Å². The van der Waals surface area contributed by atoms with Crippen molar-refractivity contribution in [1.29, 1.82) is 0 Å². The van der Waals surface area contributed by atoms with E-state index in [4.69, 9.17) is 0 Å². The highest BCUT2D eigenvalue weighted by molar-refractivity contribution is 7.00. The topological polar surface area (TPSA) is 104 Å². The first-order valence-electron chi connectivity index (χ1n) is 8.24. The van der Waals surface area contributed by atoms with E-state index in [0.717, 1.165) is 35.9 Å². The van der Waals surface area contributed by atoms with Gasteiger partial charge in [-0.05, 0) is 25.0 Å². The third-order valence-corrected chi connectivity index (χ3v) is 5.36. The maximum absolute atomic E-state index is 12.7. The van der Waals surface area contributed by atoms with E-state index in [1.54, 1.807) is 18.2 Å². The van der Waals surface area contributed by atoms with E-state index >= 15 is 0 Å². The first kappa shape index (κ1) is 15.9. The minimum Gasteiger partial charge on any atom is -0.323 e. The van der Waals surface area contributed by atoms with E-state index < -0.39 is 17.5 Å². The van der Waals surface area contributed by atoms with Gasteiger partial charge in [0.2, 0.25) is 5.91 Å². The summed E-state index contributed by atoms with van der Waals surface area (Å²) in [5.74, 6) is -0.724. The van der Waals surface area contributed by atoms with Crippen molar-refractivity contribution in [2.24, 2.45) is 0 Å². The predicted octanol–water partition coefficient (Wildman–Crippen LogP) is 1.88. The van der Waals surface area contributed by atoms with Crippen LogP contribution >= 0.6 is 11.7 Å². The lowest BCUT2D eigenvalue weighted by Gasteiger charge is -2.30. The van der Waals surface area contributed by atoms with Crippen molar-refractivity contribution in [3.63, 3.8) is 0 Å². The Balaban J connectivity index is 1.48. The Morgan fingerprint density at radius 3 is 2.84 bits per heavy atom. The van der Waals surface area contributed by atoms with Crippen LogP contribution in [0.4, 0.5) is 10.5 Å². The number of nitrogens with zero attached hydrogens (tertiary/aromatic N) is 3. The average molecular weight is 359 g/mol. The van der Waals surface area contributed by atoms with E-state index in [1.165, 1.54) is 0 Å². The van der Waals surface area contributed by atoms with Crippen LogP contribution in [-0.4, -0.2) is 43.6 Å². The minimum absolute atomic E-state index is 0.291. The fraction of sp³-hybridized carbons (Fsp3) is 0.438. The molecule has 1 aliphatic carbocycles. The van der Waals surface area contributed by atoms with Crippen molar-refractivity contribution in [3.05, 3.63) is 18.2 Å². The minimum atomic E-state index is -0.811. The molecule has 8 nitrogen and oxygen atoms in total. The summed E-state index contributed by atoms with van der Waals surface area (Å²) in [5, 5.41) is 5.52. The van der Waals surface area contributed by atoms with Gasteiger partial charge in [-0.2, -0.15) is 8.75 Å². The Kier molecular flexibility index (Phi) is 3.87. The fourth-order valence-corrected chi connectivity index (χ4v) is 4.10. The average Bonchev–Trinajstić information content (AvgIpc) is 3.16. The van der Waals surface area contributed by atoms with Gasteiger partial charge >= 0.3 is 6.03 Å².